The van der Waals surface area contributed by atoms with E-state index in [1.165, 1.54) is 24.3 Å². The van der Waals surface area contributed by atoms with Gasteiger partial charge in [-0.05, 0) is 63.1 Å². The predicted octanol–water partition coefficient (Wildman–Crippen LogP) is 6.43. The number of H-pyrrole nitrogens is 1. The third-order valence-corrected chi connectivity index (χ3v) is 9.62. The average molecular weight is 844 g/mol. The number of amides is 2. The molecule has 17 heteroatoms. The van der Waals surface area contributed by atoms with Crippen LogP contribution in [0.2, 0.25) is 0 Å². The quantitative estimate of drug-likeness (QED) is 0.0656. The largest absolute Gasteiger partial charge is 0.508 e. The van der Waals surface area contributed by atoms with Gasteiger partial charge in [0.15, 0.2) is 0 Å². The fourth-order valence-electron chi connectivity index (χ4n) is 5.04. The van der Waals surface area contributed by atoms with Crippen LogP contribution in [0, 0.1) is 50.0 Å². The fourth-order valence-corrected chi connectivity index (χ4v) is 6.55. The number of nitrogens with two attached hydrogens (primary N) is 2. The summed E-state index contributed by atoms with van der Waals surface area (Å²) < 4.78 is 0.182. The Hall–Kier alpha value is -6.11. The first-order valence-electron chi connectivity index (χ1n) is 16.6. The van der Waals surface area contributed by atoms with E-state index in [2.05, 4.69) is 32.0 Å². The number of hydrogen-bond donors (Lipinski definition) is 5. The molecule has 0 saturated heterocycles. The molecule has 14 nitrogen and oxygen atoms in total. The van der Waals surface area contributed by atoms with Crippen LogP contribution >= 0.6 is 39.9 Å². The summed E-state index contributed by atoms with van der Waals surface area (Å²) in [5.74, 6) is 0.493. The summed E-state index contributed by atoms with van der Waals surface area (Å²) in [6, 6.07) is 20.3. The van der Waals surface area contributed by atoms with Crippen LogP contribution in [0.3, 0.4) is 0 Å². The molecule has 0 unspecified atom stereocenters. The Morgan fingerprint density at radius 1 is 0.745 bits per heavy atom. The van der Waals surface area contributed by atoms with Gasteiger partial charge in [-0.25, -0.2) is 4.98 Å². The molecule has 0 atom stereocenters. The molecule has 4 aromatic rings. The molecular formula is C38H39BrN10O4S2. The number of phenols is 2. The number of nitrogens with one attached hydrogen (secondary N) is 1. The van der Waals surface area contributed by atoms with Gasteiger partial charge in [-0.1, -0.05) is 64.2 Å². The van der Waals surface area contributed by atoms with E-state index < -0.39 is 0 Å². The number of aromatic nitrogens is 2. The van der Waals surface area contributed by atoms with Crippen molar-refractivity contribution in [1.82, 2.24) is 19.8 Å². The standard InChI is InChI=1S/C19H19N5O2S.C13H8N4OS.C6H12BrNO/c1-3-24(4-2)16(26)11-27-19-15(10-21)17(14(9-20)18(22)23-19)12-5-7-13(25)8-6-12;14-5-9-11(7-1-3-8(18)4-2-7)10(6-15)13(19)17-12(9)16;1-3-8(4-2)6(9)5-7/h5-8,25H,3-4,11H2,1-2H3,(H2,22,23);1-4,18H,(H3,16,17,19);3-5H2,1-2H3. The predicted molar refractivity (Wildman–Crippen MR) is 218 cm³/mol. The lowest BCUT2D eigenvalue weighted by Gasteiger charge is -2.18. The zero-order valence-electron chi connectivity index (χ0n) is 30.6. The van der Waals surface area contributed by atoms with Crippen LogP contribution in [0.4, 0.5) is 11.6 Å². The number of anilines is 2. The van der Waals surface area contributed by atoms with Crippen LogP contribution in [0.5, 0.6) is 11.5 Å². The number of nitriles is 4. The van der Waals surface area contributed by atoms with E-state index in [9.17, 15) is 40.8 Å². The summed E-state index contributed by atoms with van der Waals surface area (Å²) in [5.41, 5.74) is 14.2. The SMILES string of the molecule is CCN(CC)C(=O)CBr.CCN(CC)C(=O)CSc1nc(N)c(C#N)c(-c2ccc(O)cc2)c1C#N.N#Cc1c(N)[nH]c(=S)c(C#N)c1-c1ccc(O)cc1. The minimum Gasteiger partial charge on any atom is -0.508 e. The van der Waals surface area contributed by atoms with Gasteiger partial charge < -0.3 is 36.5 Å². The number of rotatable bonds is 10. The number of nitrogens with zero attached hydrogens (tertiary/aromatic N) is 7. The molecule has 0 radical (unpaired) electrons. The number of hydrogen-bond acceptors (Lipinski definition) is 13. The molecule has 284 valence electrons. The first kappa shape index (κ1) is 45.0. The fraction of sp³-hybridized carbons (Fsp3) is 0.263. The number of pyridine rings is 2. The highest BCUT2D eigenvalue weighted by molar-refractivity contribution is 9.09. The molecule has 0 fully saturated rings. The smallest absolute Gasteiger partial charge is 0.233 e. The van der Waals surface area contributed by atoms with Gasteiger partial charge in [0.25, 0.3) is 0 Å². The molecule has 0 saturated carbocycles. The zero-order chi connectivity index (χ0) is 41.2. The summed E-state index contributed by atoms with van der Waals surface area (Å²) >= 11 is 9.27. The third kappa shape index (κ3) is 11.7. The Labute approximate surface area is 337 Å². The maximum atomic E-state index is 12.3. The highest BCUT2D eigenvalue weighted by Gasteiger charge is 2.22. The Balaban J connectivity index is 0.000000323. The van der Waals surface area contributed by atoms with Gasteiger partial charge in [0.05, 0.1) is 22.2 Å². The molecule has 4 rings (SSSR count). The van der Waals surface area contributed by atoms with Gasteiger partial charge in [-0.2, -0.15) is 21.0 Å². The number of benzene rings is 2. The summed E-state index contributed by atoms with van der Waals surface area (Å²) in [7, 11) is 0. The number of alkyl halides is 1. The van der Waals surface area contributed by atoms with Gasteiger partial charge in [0.2, 0.25) is 11.8 Å². The monoisotopic (exact) mass is 842 g/mol. The average Bonchev–Trinajstić information content (AvgIpc) is 3.18. The first-order valence-corrected chi connectivity index (χ1v) is 19.1. The van der Waals surface area contributed by atoms with Gasteiger partial charge in [-0.3, -0.25) is 9.59 Å². The van der Waals surface area contributed by atoms with Crippen molar-refractivity contribution in [2.24, 2.45) is 0 Å². The van der Waals surface area contributed by atoms with Gasteiger partial charge in [-0.15, -0.1) is 0 Å². The molecule has 0 bridgehead atoms. The number of aromatic hydroxyl groups is 2. The summed E-state index contributed by atoms with van der Waals surface area (Å²) in [6.07, 6.45) is 0. The molecule has 2 aromatic heterocycles. The Kier molecular flexibility index (Phi) is 18.2. The lowest BCUT2D eigenvalue weighted by Crippen LogP contribution is -2.31. The first-order chi connectivity index (χ1) is 26.3. The number of halogens is 1. The third-order valence-electron chi connectivity index (χ3n) is 7.87. The number of phenolic OH excluding ortho intramolecular Hbond substituents is 2. The molecule has 0 aliphatic carbocycles. The maximum absolute atomic E-state index is 12.3. The Morgan fingerprint density at radius 3 is 1.55 bits per heavy atom. The lowest BCUT2D eigenvalue weighted by atomic mass is 9.97. The normalized spacial score (nSPS) is 9.76. The lowest BCUT2D eigenvalue weighted by molar-refractivity contribution is -0.128. The van der Waals surface area contributed by atoms with Crippen LogP contribution in [-0.4, -0.2) is 79.1 Å². The van der Waals surface area contributed by atoms with Crippen molar-refractivity contribution < 1.29 is 19.8 Å². The molecule has 0 aliphatic heterocycles. The number of nitrogen functional groups attached to an aromatic ring is 2. The van der Waals surface area contributed by atoms with Crippen molar-refractivity contribution in [3.63, 3.8) is 0 Å². The van der Waals surface area contributed by atoms with Crippen LogP contribution < -0.4 is 11.5 Å². The molecule has 7 N–H and O–H groups in total. The Morgan fingerprint density at radius 2 is 1.16 bits per heavy atom. The minimum atomic E-state index is -0.0650. The van der Waals surface area contributed by atoms with Crippen LogP contribution in [0.1, 0.15) is 49.9 Å². The van der Waals surface area contributed by atoms with Crippen LogP contribution in [-0.2, 0) is 9.59 Å². The zero-order valence-corrected chi connectivity index (χ0v) is 33.8. The van der Waals surface area contributed by atoms with E-state index >= 15 is 0 Å². The topological polar surface area (TPSA) is 257 Å². The molecule has 0 spiro atoms. The second-order valence-electron chi connectivity index (χ2n) is 11.0. The van der Waals surface area contributed by atoms with Crippen molar-refractivity contribution in [3.8, 4) is 58.0 Å². The van der Waals surface area contributed by atoms with E-state index in [0.717, 1.165) is 24.9 Å². The number of thioether (sulfide) groups is 1. The highest BCUT2D eigenvalue weighted by atomic mass is 79.9. The van der Waals surface area contributed by atoms with E-state index in [1.807, 2.05) is 45.9 Å². The van der Waals surface area contributed by atoms with Crippen molar-refractivity contribution in [2.75, 3.05) is 48.7 Å². The van der Waals surface area contributed by atoms with Gasteiger partial charge in [0.1, 0.15) is 68.2 Å². The maximum Gasteiger partial charge on any atom is 0.233 e. The van der Waals surface area contributed by atoms with Crippen LogP contribution in [0.25, 0.3) is 22.3 Å². The summed E-state index contributed by atoms with van der Waals surface area (Å²) in [5, 5.41) is 57.1. The van der Waals surface area contributed by atoms with Gasteiger partial charge >= 0.3 is 0 Å². The number of carbonyl (C=O) groups is 2. The van der Waals surface area contributed by atoms with Crippen LogP contribution in [0.15, 0.2) is 53.6 Å². The second-order valence-corrected chi connectivity index (χ2v) is 12.9. The summed E-state index contributed by atoms with van der Waals surface area (Å²) in [4.78, 5) is 33.4. The Bertz CT molecular complexity index is 2210. The van der Waals surface area contributed by atoms with Crippen molar-refractivity contribution in [3.05, 3.63) is 75.4 Å². The van der Waals surface area contributed by atoms with E-state index in [0.29, 0.717) is 45.7 Å². The van der Waals surface area contributed by atoms with Crippen molar-refractivity contribution in [1.29, 1.82) is 21.0 Å². The molecular weight excluding hydrogens is 805 g/mol. The molecule has 2 heterocycles. The van der Waals surface area contributed by atoms with Gasteiger partial charge in [0, 0.05) is 37.3 Å². The number of aromatic amines is 1. The minimum absolute atomic E-state index is 0.00244. The molecule has 2 aromatic carbocycles. The number of carbonyl (C=O) groups excluding carboxylic acids is 2. The molecule has 2 amide bonds. The summed E-state index contributed by atoms with van der Waals surface area (Å²) in [6.45, 7) is 10.6. The van der Waals surface area contributed by atoms with E-state index in [4.69, 9.17) is 23.7 Å². The molecule has 55 heavy (non-hydrogen) atoms. The van der Waals surface area contributed by atoms with E-state index in [1.54, 1.807) is 34.1 Å². The second kappa shape index (κ2) is 22.2. The van der Waals surface area contributed by atoms with Crippen molar-refractivity contribution >= 4 is 63.4 Å². The van der Waals surface area contributed by atoms with E-state index in [-0.39, 0.29) is 67.6 Å². The highest BCUT2D eigenvalue weighted by Crippen LogP contribution is 2.36. The molecule has 0 aliphatic rings. The van der Waals surface area contributed by atoms with Crippen molar-refractivity contribution in [2.45, 2.75) is 32.7 Å².